The van der Waals surface area contributed by atoms with Crippen LogP contribution in [0.2, 0.25) is 0 Å². The number of nitrogens with one attached hydrogen (secondary N) is 3. The molecule has 1 fully saturated rings. The first-order chi connectivity index (χ1) is 13.9. The number of carbonyl (C=O) groups is 2. The van der Waals surface area contributed by atoms with Crippen molar-refractivity contribution in [3.05, 3.63) is 59.4 Å². The number of ether oxygens (including phenoxy) is 1. The quantitative estimate of drug-likeness (QED) is 0.571. The number of methoxy groups -OCH3 is 1. The lowest BCUT2D eigenvalue weighted by Crippen LogP contribution is -3.28. The maximum atomic E-state index is 13.0. The van der Waals surface area contributed by atoms with Crippen molar-refractivity contribution in [1.82, 2.24) is 0 Å². The molecule has 29 heavy (non-hydrogen) atoms. The molecule has 0 spiro atoms. The topological polar surface area (TPSA) is 64.3 Å². The third-order valence-electron chi connectivity index (χ3n) is 5.33. The SMILES string of the molecule is COc1ccc(C(C)=O)cc1C[NH+]1CC[NH+](CC(=O)Nc2ccc(F)cc2)CC1. The van der Waals surface area contributed by atoms with Gasteiger partial charge in [-0.15, -0.1) is 0 Å². The highest BCUT2D eigenvalue weighted by Crippen LogP contribution is 2.19. The van der Waals surface area contributed by atoms with E-state index < -0.39 is 0 Å². The van der Waals surface area contributed by atoms with Crippen molar-refractivity contribution in [3.8, 4) is 5.75 Å². The van der Waals surface area contributed by atoms with Crippen molar-refractivity contribution in [2.45, 2.75) is 13.5 Å². The standard InChI is InChI=1S/C22H26FN3O3/c1-16(27)17-3-8-21(29-2)18(13-17)14-25-9-11-26(12-10-25)15-22(28)24-20-6-4-19(23)5-7-20/h3-8,13H,9-12,14-15H2,1-2H3,(H,24,28)/p+2. The number of Topliss-reactive ketones (excluding diaryl/α,β-unsaturated/α-hetero) is 1. The summed E-state index contributed by atoms with van der Waals surface area (Å²) in [6, 6.07) is 11.4. The van der Waals surface area contributed by atoms with Gasteiger partial charge in [0.05, 0.1) is 7.11 Å². The first kappa shape index (κ1) is 21.0. The predicted molar refractivity (Wildman–Crippen MR) is 108 cm³/mol. The van der Waals surface area contributed by atoms with Crippen molar-refractivity contribution in [2.24, 2.45) is 0 Å². The molecule has 7 heteroatoms. The van der Waals surface area contributed by atoms with Gasteiger partial charge in [0, 0.05) is 16.8 Å². The molecule has 0 aromatic heterocycles. The summed E-state index contributed by atoms with van der Waals surface area (Å²) in [6.07, 6.45) is 0. The molecule has 1 amide bonds. The minimum absolute atomic E-state index is 0.0466. The van der Waals surface area contributed by atoms with Crippen molar-refractivity contribution >= 4 is 17.4 Å². The van der Waals surface area contributed by atoms with Gasteiger partial charge in [0.25, 0.3) is 5.91 Å². The van der Waals surface area contributed by atoms with Gasteiger partial charge in [0.2, 0.25) is 0 Å². The predicted octanol–water partition coefficient (Wildman–Crippen LogP) is -0.0410. The molecule has 3 rings (SSSR count). The first-order valence-corrected chi connectivity index (χ1v) is 9.85. The molecule has 0 unspecified atom stereocenters. The maximum absolute atomic E-state index is 13.0. The molecule has 1 saturated heterocycles. The number of rotatable bonds is 7. The van der Waals surface area contributed by atoms with Gasteiger partial charge in [-0.1, -0.05) is 0 Å². The van der Waals surface area contributed by atoms with Crippen molar-refractivity contribution in [2.75, 3.05) is 45.2 Å². The van der Waals surface area contributed by atoms with Crippen LogP contribution in [0.3, 0.4) is 0 Å². The second kappa shape index (κ2) is 9.62. The Balaban J connectivity index is 1.50. The molecule has 3 N–H and O–H groups in total. The van der Waals surface area contributed by atoms with E-state index in [1.807, 2.05) is 12.1 Å². The van der Waals surface area contributed by atoms with Gasteiger partial charge in [-0.3, -0.25) is 9.59 Å². The fraction of sp³-hybridized carbons (Fsp3) is 0.364. The van der Waals surface area contributed by atoms with Gasteiger partial charge in [0.15, 0.2) is 12.3 Å². The molecule has 1 aliphatic heterocycles. The minimum Gasteiger partial charge on any atom is -0.496 e. The van der Waals surface area contributed by atoms with E-state index >= 15 is 0 Å². The summed E-state index contributed by atoms with van der Waals surface area (Å²) in [4.78, 5) is 26.6. The van der Waals surface area contributed by atoms with Crippen molar-refractivity contribution in [3.63, 3.8) is 0 Å². The maximum Gasteiger partial charge on any atom is 0.279 e. The number of piperazine rings is 1. The Bertz CT molecular complexity index is 862. The molecule has 1 heterocycles. The lowest BCUT2D eigenvalue weighted by Gasteiger charge is -2.29. The van der Waals surface area contributed by atoms with Gasteiger partial charge in [-0.05, 0) is 49.4 Å². The molecule has 6 nitrogen and oxygen atoms in total. The van der Waals surface area contributed by atoms with Crippen LogP contribution < -0.4 is 19.9 Å². The van der Waals surface area contributed by atoms with Gasteiger partial charge < -0.3 is 19.9 Å². The molecular weight excluding hydrogens is 373 g/mol. The number of quaternary nitrogens is 2. The number of ketones is 1. The number of hydrogen-bond donors (Lipinski definition) is 3. The lowest BCUT2D eigenvalue weighted by molar-refractivity contribution is -1.02. The Kier molecular flexibility index (Phi) is 6.95. The van der Waals surface area contributed by atoms with Crippen LogP contribution in [0.15, 0.2) is 42.5 Å². The fourth-order valence-electron chi connectivity index (χ4n) is 3.68. The summed E-state index contributed by atoms with van der Waals surface area (Å²) in [7, 11) is 1.64. The van der Waals surface area contributed by atoms with Crippen LogP contribution in [0, 0.1) is 5.82 Å². The summed E-state index contributed by atoms with van der Waals surface area (Å²) in [5, 5.41) is 2.82. The molecule has 2 aromatic rings. The van der Waals surface area contributed by atoms with Crippen LogP contribution >= 0.6 is 0 Å². The average molecular weight is 401 g/mol. The van der Waals surface area contributed by atoms with Crippen LogP contribution in [0.5, 0.6) is 5.75 Å². The van der Waals surface area contributed by atoms with Crippen LogP contribution in [0.4, 0.5) is 10.1 Å². The van der Waals surface area contributed by atoms with E-state index in [0.29, 0.717) is 17.8 Å². The number of amides is 1. The summed E-state index contributed by atoms with van der Waals surface area (Å²) < 4.78 is 18.4. The van der Waals surface area contributed by atoms with E-state index in [2.05, 4.69) is 5.32 Å². The van der Waals surface area contributed by atoms with E-state index in [1.165, 1.54) is 21.9 Å². The Morgan fingerprint density at radius 3 is 2.31 bits per heavy atom. The van der Waals surface area contributed by atoms with Crippen LogP contribution in [0.25, 0.3) is 0 Å². The Morgan fingerprint density at radius 2 is 1.69 bits per heavy atom. The normalized spacial score (nSPS) is 18.9. The molecule has 0 atom stereocenters. The zero-order valence-electron chi connectivity index (χ0n) is 16.9. The van der Waals surface area contributed by atoms with Crippen LogP contribution in [0.1, 0.15) is 22.8 Å². The summed E-state index contributed by atoms with van der Waals surface area (Å²) in [6.45, 7) is 6.41. The zero-order valence-corrected chi connectivity index (χ0v) is 16.9. The van der Waals surface area contributed by atoms with E-state index in [4.69, 9.17) is 4.74 Å². The third-order valence-corrected chi connectivity index (χ3v) is 5.33. The Morgan fingerprint density at radius 1 is 1.03 bits per heavy atom. The molecule has 0 radical (unpaired) electrons. The van der Waals surface area contributed by atoms with Gasteiger partial charge >= 0.3 is 0 Å². The van der Waals surface area contributed by atoms with Crippen molar-refractivity contribution in [1.29, 1.82) is 0 Å². The highest BCUT2D eigenvalue weighted by atomic mass is 19.1. The van der Waals surface area contributed by atoms with Gasteiger partial charge in [0.1, 0.15) is 44.3 Å². The molecule has 0 saturated carbocycles. The zero-order chi connectivity index (χ0) is 20.8. The monoisotopic (exact) mass is 401 g/mol. The van der Waals surface area contributed by atoms with Crippen molar-refractivity contribution < 1.29 is 28.5 Å². The largest absolute Gasteiger partial charge is 0.496 e. The number of halogens is 1. The average Bonchev–Trinajstić information content (AvgIpc) is 2.71. The lowest BCUT2D eigenvalue weighted by atomic mass is 10.1. The highest BCUT2D eigenvalue weighted by Gasteiger charge is 2.26. The number of benzene rings is 2. The second-order valence-electron chi connectivity index (χ2n) is 7.49. The molecule has 0 bridgehead atoms. The Labute approximate surface area is 170 Å². The molecule has 2 aromatic carbocycles. The number of carbonyl (C=O) groups excluding carboxylic acids is 2. The van der Waals surface area contributed by atoms with Crippen LogP contribution in [-0.2, 0) is 11.3 Å². The second-order valence-corrected chi connectivity index (χ2v) is 7.49. The molecule has 1 aliphatic rings. The van der Waals surface area contributed by atoms with E-state index in [9.17, 15) is 14.0 Å². The first-order valence-electron chi connectivity index (χ1n) is 9.85. The Hall–Kier alpha value is -2.77. The smallest absolute Gasteiger partial charge is 0.279 e. The molecular formula is C22H28FN3O3+2. The van der Waals surface area contributed by atoms with E-state index in [-0.39, 0.29) is 17.5 Å². The van der Waals surface area contributed by atoms with Gasteiger partial charge in [-0.2, -0.15) is 0 Å². The molecule has 154 valence electrons. The fourth-order valence-corrected chi connectivity index (χ4v) is 3.68. The summed E-state index contributed by atoms with van der Waals surface area (Å²) >= 11 is 0. The number of hydrogen-bond acceptors (Lipinski definition) is 3. The molecule has 0 aliphatic carbocycles. The van der Waals surface area contributed by atoms with Crippen LogP contribution in [-0.4, -0.2) is 51.5 Å². The minimum atomic E-state index is -0.321. The third kappa shape index (κ3) is 5.85. The van der Waals surface area contributed by atoms with E-state index in [0.717, 1.165) is 44.0 Å². The number of anilines is 1. The summed E-state index contributed by atoms with van der Waals surface area (Å²) in [5.41, 5.74) is 2.34. The van der Waals surface area contributed by atoms with Gasteiger partial charge in [-0.25, -0.2) is 4.39 Å². The van der Waals surface area contributed by atoms with E-state index in [1.54, 1.807) is 32.2 Å². The summed E-state index contributed by atoms with van der Waals surface area (Å²) in [5.74, 6) is 0.463. The highest BCUT2D eigenvalue weighted by molar-refractivity contribution is 5.94.